The molecule has 0 unspecified atom stereocenters. The van der Waals surface area contributed by atoms with Crippen LogP contribution in [0.3, 0.4) is 0 Å². The SMILES string of the molecule is CCOc1ccc(-c2ccc(Cn3ncc4c(OC)ccc(C(=O)NC5CCC(C(=O)O)CC5)c43)cc2)cn1. The number of pyridine rings is 1. The molecule has 9 nitrogen and oxygen atoms in total. The smallest absolute Gasteiger partial charge is 0.306 e. The van der Waals surface area contributed by atoms with Crippen LogP contribution in [-0.4, -0.2) is 51.5 Å². The number of fused-ring (bicyclic) bond motifs is 1. The highest BCUT2D eigenvalue weighted by Gasteiger charge is 2.28. The average Bonchev–Trinajstić information content (AvgIpc) is 3.37. The van der Waals surface area contributed by atoms with Crippen LogP contribution in [0.15, 0.2) is 60.9 Å². The first-order valence-corrected chi connectivity index (χ1v) is 13.2. The van der Waals surface area contributed by atoms with E-state index < -0.39 is 5.97 Å². The first-order valence-electron chi connectivity index (χ1n) is 13.2. The molecular weight excluding hydrogens is 496 g/mol. The van der Waals surface area contributed by atoms with Crippen LogP contribution in [0.1, 0.15) is 48.5 Å². The Labute approximate surface area is 226 Å². The van der Waals surface area contributed by atoms with E-state index in [-0.39, 0.29) is 17.9 Å². The number of carboxylic acids is 1. The second-order valence-electron chi connectivity index (χ2n) is 9.76. The van der Waals surface area contributed by atoms with Gasteiger partial charge in [-0.2, -0.15) is 5.10 Å². The Balaban J connectivity index is 1.36. The van der Waals surface area contributed by atoms with Gasteiger partial charge in [0.05, 0.1) is 48.8 Å². The van der Waals surface area contributed by atoms with Crippen LogP contribution in [0.2, 0.25) is 0 Å². The Kier molecular flexibility index (Phi) is 7.76. The summed E-state index contributed by atoms with van der Waals surface area (Å²) in [7, 11) is 1.60. The Morgan fingerprint density at radius 1 is 1.00 bits per heavy atom. The zero-order chi connectivity index (χ0) is 27.4. The normalized spacial score (nSPS) is 17.1. The first kappa shape index (κ1) is 26.2. The largest absolute Gasteiger partial charge is 0.496 e. The summed E-state index contributed by atoms with van der Waals surface area (Å²) in [5, 5.41) is 17.7. The van der Waals surface area contributed by atoms with Crippen LogP contribution in [-0.2, 0) is 11.3 Å². The molecule has 4 aromatic rings. The van der Waals surface area contributed by atoms with Crippen molar-refractivity contribution in [1.82, 2.24) is 20.1 Å². The van der Waals surface area contributed by atoms with Gasteiger partial charge in [0.25, 0.3) is 5.91 Å². The van der Waals surface area contributed by atoms with Gasteiger partial charge in [-0.15, -0.1) is 0 Å². The zero-order valence-corrected chi connectivity index (χ0v) is 22.1. The van der Waals surface area contributed by atoms with Gasteiger partial charge in [-0.1, -0.05) is 24.3 Å². The fourth-order valence-corrected chi connectivity index (χ4v) is 5.17. The second-order valence-corrected chi connectivity index (χ2v) is 9.76. The summed E-state index contributed by atoms with van der Waals surface area (Å²) in [6.07, 6.45) is 5.96. The van der Waals surface area contributed by atoms with Crippen molar-refractivity contribution >= 4 is 22.8 Å². The number of carbonyl (C=O) groups is 2. The minimum Gasteiger partial charge on any atom is -0.496 e. The molecule has 9 heteroatoms. The van der Waals surface area contributed by atoms with Crippen molar-refractivity contribution in [3.8, 4) is 22.8 Å². The number of ether oxygens (including phenoxy) is 2. The van der Waals surface area contributed by atoms with Crippen molar-refractivity contribution in [2.24, 2.45) is 5.92 Å². The van der Waals surface area contributed by atoms with Crippen molar-refractivity contribution in [3.05, 3.63) is 72.1 Å². The zero-order valence-electron chi connectivity index (χ0n) is 22.1. The third-order valence-corrected chi connectivity index (χ3v) is 7.29. The fourth-order valence-electron chi connectivity index (χ4n) is 5.17. The summed E-state index contributed by atoms with van der Waals surface area (Å²) in [6.45, 7) is 2.98. The number of rotatable bonds is 9. The van der Waals surface area contributed by atoms with Crippen LogP contribution in [0.5, 0.6) is 11.6 Å². The van der Waals surface area contributed by atoms with Crippen LogP contribution in [0, 0.1) is 5.92 Å². The number of carbonyl (C=O) groups excluding carboxylic acids is 1. The predicted octanol–water partition coefficient (Wildman–Crippen LogP) is 4.93. The van der Waals surface area contributed by atoms with E-state index in [0.717, 1.165) is 22.1 Å². The Bertz CT molecular complexity index is 1460. The van der Waals surface area contributed by atoms with Gasteiger partial charge in [0.15, 0.2) is 0 Å². The number of methoxy groups -OCH3 is 1. The van der Waals surface area contributed by atoms with Crippen molar-refractivity contribution in [1.29, 1.82) is 0 Å². The molecule has 1 saturated carbocycles. The molecule has 202 valence electrons. The molecule has 39 heavy (non-hydrogen) atoms. The van der Waals surface area contributed by atoms with E-state index in [2.05, 4.69) is 15.4 Å². The number of hydrogen-bond acceptors (Lipinski definition) is 6. The Hall–Kier alpha value is -4.40. The molecule has 1 amide bonds. The van der Waals surface area contributed by atoms with Gasteiger partial charge in [-0.05, 0) is 61.9 Å². The highest BCUT2D eigenvalue weighted by Crippen LogP contribution is 2.30. The minimum absolute atomic E-state index is 0.0498. The summed E-state index contributed by atoms with van der Waals surface area (Å²) >= 11 is 0. The topological polar surface area (TPSA) is 116 Å². The van der Waals surface area contributed by atoms with E-state index in [1.807, 2.05) is 48.0 Å². The van der Waals surface area contributed by atoms with E-state index in [9.17, 15) is 14.7 Å². The average molecular weight is 529 g/mol. The lowest BCUT2D eigenvalue weighted by Crippen LogP contribution is -2.38. The minimum atomic E-state index is -0.760. The number of nitrogens with one attached hydrogen (secondary N) is 1. The van der Waals surface area contributed by atoms with Crippen LogP contribution >= 0.6 is 0 Å². The van der Waals surface area contributed by atoms with E-state index in [1.165, 1.54) is 0 Å². The maximum absolute atomic E-state index is 13.4. The summed E-state index contributed by atoms with van der Waals surface area (Å²) < 4.78 is 12.8. The standard InChI is InChI=1S/C30H32N4O5/c1-3-39-27-15-10-22(16-31-27)20-6-4-19(5-7-20)18-34-28-24(13-14-26(38-2)25(28)17-32-34)29(35)33-23-11-8-21(9-12-23)30(36)37/h4-7,10,13-17,21,23H,3,8-9,11-12,18H2,1-2H3,(H,33,35)(H,36,37). The van der Waals surface area contributed by atoms with Crippen molar-refractivity contribution in [2.45, 2.75) is 45.2 Å². The van der Waals surface area contributed by atoms with Crippen LogP contribution < -0.4 is 14.8 Å². The lowest BCUT2D eigenvalue weighted by molar-refractivity contribution is -0.142. The molecule has 0 saturated heterocycles. The number of carboxylic acid groups (broad SMARTS) is 1. The molecule has 0 bridgehead atoms. The van der Waals surface area contributed by atoms with Gasteiger partial charge in [0, 0.05) is 23.9 Å². The van der Waals surface area contributed by atoms with Crippen LogP contribution in [0.25, 0.3) is 22.0 Å². The summed E-state index contributed by atoms with van der Waals surface area (Å²) in [5.41, 5.74) is 4.28. The maximum atomic E-state index is 13.4. The van der Waals surface area contributed by atoms with Crippen molar-refractivity contribution < 1.29 is 24.2 Å². The molecule has 0 aliphatic heterocycles. The number of benzene rings is 2. The first-order chi connectivity index (χ1) is 19.0. The van der Waals surface area contributed by atoms with Gasteiger partial charge >= 0.3 is 5.97 Å². The maximum Gasteiger partial charge on any atom is 0.306 e. The number of hydrogen-bond donors (Lipinski definition) is 2. The number of amides is 1. The molecule has 0 atom stereocenters. The molecule has 1 fully saturated rings. The number of aliphatic carboxylic acids is 1. The van der Waals surface area contributed by atoms with Gasteiger partial charge in [0.2, 0.25) is 5.88 Å². The molecule has 0 spiro atoms. The molecule has 2 N–H and O–H groups in total. The predicted molar refractivity (Wildman–Crippen MR) is 147 cm³/mol. The molecular formula is C30H32N4O5. The highest BCUT2D eigenvalue weighted by atomic mass is 16.5. The summed E-state index contributed by atoms with van der Waals surface area (Å²) in [4.78, 5) is 29.0. The fraction of sp³-hybridized carbons (Fsp3) is 0.333. The highest BCUT2D eigenvalue weighted by molar-refractivity contribution is 6.07. The lowest BCUT2D eigenvalue weighted by Gasteiger charge is -2.27. The molecule has 2 aromatic heterocycles. The van der Waals surface area contributed by atoms with Gasteiger partial charge in [0.1, 0.15) is 5.75 Å². The summed E-state index contributed by atoms with van der Waals surface area (Å²) in [6, 6.07) is 15.5. The van der Waals surface area contributed by atoms with Gasteiger partial charge in [-0.25, -0.2) is 4.98 Å². The third kappa shape index (κ3) is 5.72. The monoisotopic (exact) mass is 528 g/mol. The van der Waals surface area contributed by atoms with Crippen molar-refractivity contribution in [3.63, 3.8) is 0 Å². The van der Waals surface area contributed by atoms with Gasteiger partial charge < -0.3 is 19.9 Å². The molecule has 1 aliphatic carbocycles. The Morgan fingerprint density at radius 3 is 2.38 bits per heavy atom. The van der Waals surface area contributed by atoms with Gasteiger partial charge in [-0.3, -0.25) is 14.3 Å². The lowest BCUT2D eigenvalue weighted by atomic mass is 9.86. The summed E-state index contributed by atoms with van der Waals surface area (Å²) in [5.74, 6) is -0.0321. The molecule has 2 heterocycles. The van der Waals surface area contributed by atoms with E-state index in [4.69, 9.17) is 9.47 Å². The quantitative estimate of drug-likeness (QED) is 0.317. The van der Waals surface area contributed by atoms with Crippen LogP contribution in [0.4, 0.5) is 0 Å². The molecule has 5 rings (SSSR count). The molecule has 2 aromatic carbocycles. The number of nitrogens with zero attached hydrogens (tertiary/aromatic N) is 3. The van der Waals surface area contributed by atoms with E-state index in [1.54, 1.807) is 31.6 Å². The Morgan fingerprint density at radius 2 is 1.74 bits per heavy atom. The number of aromatic nitrogens is 3. The van der Waals surface area contributed by atoms with E-state index in [0.29, 0.717) is 61.5 Å². The third-order valence-electron chi connectivity index (χ3n) is 7.29. The molecule has 0 radical (unpaired) electrons. The van der Waals surface area contributed by atoms with Crippen molar-refractivity contribution in [2.75, 3.05) is 13.7 Å². The second kappa shape index (κ2) is 11.6. The molecule has 1 aliphatic rings. The van der Waals surface area contributed by atoms with E-state index >= 15 is 0 Å².